The molecule has 31 heavy (non-hydrogen) atoms. The first-order valence-electron chi connectivity index (χ1n) is 9.16. The highest BCUT2D eigenvalue weighted by molar-refractivity contribution is 7.92. The zero-order valence-corrected chi connectivity index (χ0v) is 17.6. The van der Waals surface area contributed by atoms with Gasteiger partial charge in [0.15, 0.2) is 0 Å². The van der Waals surface area contributed by atoms with Crippen LogP contribution < -0.4 is 14.9 Å². The van der Waals surface area contributed by atoms with Crippen LogP contribution in [0.1, 0.15) is 22.8 Å². The molecule has 9 heteroatoms. The number of halogens is 1. The van der Waals surface area contributed by atoms with E-state index in [1.807, 2.05) is 0 Å². The average Bonchev–Trinajstić information content (AvgIpc) is 2.78. The van der Waals surface area contributed by atoms with E-state index in [-0.39, 0.29) is 16.3 Å². The maximum Gasteiger partial charge on any atom is 0.271 e. The van der Waals surface area contributed by atoms with Crippen LogP contribution in [-0.4, -0.2) is 27.1 Å². The fraction of sp³-hybridized carbons (Fsp3) is 0.0909. The molecule has 0 fully saturated rings. The third-order valence-corrected chi connectivity index (χ3v) is 5.71. The van der Waals surface area contributed by atoms with E-state index in [1.54, 1.807) is 43.3 Å². The van der Waals surface area contributed by atoms with Crippen LogP contribution in [0.15, 0.2) is 82.8 Å². The first kappa shape index (κ1) is 22.0. The van der Waals surface area contributed by atoms with Gasteiger partial charge in [0.05, 0.1) is 17.7 Å². The molecular formula is C22H20FN3O4S. The van der Waals surface area contributed by atoms with E-state index < -0.39 is 15.9 Å². The highest BCUT2D eigenvalue weighted by Crippen LogP contribution is 2.20. The number of carbonyl (C=O) groups is 1. The van der Waals surface area contributed by atoms with E-state index in [9.17, 15) is 17.6 Å². The minimum atomic E-state index is -3.91. The summed E-state index contributed by atoms with van der Waals surface area (Å²) >= 11 is 0. The molecule has 3 aromatic carbocycles. The number of anilines is 1. The van der Waals surface area contributed by atoms with Crippen molar-refractivity contribution in [1.29, 1.82) is 0 Å². The lowest BCUT2D eigenvalue weighted by atomic mass is 10.1. The van der Waals surface area contributed by atoms with Crippen LogP contribution in [0.3, 0.4) is 0 Å². The van der Waals surface area contributed by atoms with Gasteiger partial charge in [0.1, 0.15) is 11.6 Å². The number of ether oxygens (including phenoxy) is 1. The van der Waals surface area contributed by atoms with Crippen LogP contribution in [0.2, 0.25) is 0 Å². The summed E-state index contributed by atoms with van der Waals surface area (Å²) in [6.45, 7) is 1.66. The molecule has 1 amide bonds. The molecule has 0 aliphatic carbocycles. The van der Waals surface area contributed by atoms with Crippen LogP contribution in [0.25, 0.3) is 0 Å². The van der Waals surface area contributed by atoms with Gasteiger partial charge in [-0.1, -0.05) is 18.2 Å². The zero-order valence-electron chi connectivity index (χ0n) is 16.8. The fourth-order valence-corrected chi connectivity index (χ4v) is 3.74. The molecule has 0 spiro atoms. The van der Waals surface area contributed by atoms with E-state index in [2.05, 4.69) is 15.2 Å². The van der Waals surface area contributed by atoms with Crippen molar-refractivity contribution in [2.75, 3.05) is 11.8 Å². The van der Waals surface area contributed by atoms with Crippen molar-refractivity contribution in [3.8, 4) is 5.75 Å². The number of carbonyl (C=O) groups excluding carboxylic acids is 1. The number of methoxy groups -OCH3 is 1. The van der Waals surface area contributed by atoms with Gasteiger partial charge in [-0.3, -0.25) is 9.52 Å². The van der Waals surface area contributed by atoms with Crippen molar-refractivity contribution in [2.45, 2.75) is 11.8 Å². The van der Waals surface area contributed by atoms with Gasteiger partial charge in [-0.2, -0.15) is 5.10 Å². The van der Waals surface area contributed by atoms with Gasteiger partial charge >= 0.3 is 0 Å². The summed E-state index contributed by atoms with van der Waals surface area (Å²) in [4.78, 5) is 12.4. The van der Waals surface area contributed by atoms with E-state index in [4.69, 9.17) is 4.74 Å². The Bertz CT molecular complexity index is 1210. The van der Waals surface area contributed by atoms with Gasteiger partial charge in [-0.15, -0.1) is 0 Å². The number of nitrogens with zero attached hydrogens (tertiary/aromatic N) is 1. The van der Waals surface area contributed by atoms with Crippen LogP contribution in [0.5, 0.6) is 5.75 Å². The van der Waals surface area contributed by atoms with E-state index in [0.717, 1.165) is 0 Å². The Hall–Kier alpha value is -3.72. The van der Waals surface area contributed by atoms with E-state index >= 15 is 0 Å². The first-order chi connectivity index (χ1) is 14.8. The summed E-state index contributed by atoms with van der Waals surface area (Å²) in [7, 11) is -2.39. The molecule has 0 unspecified atom stereocenters. The van der Waals surface area contributed by atoms with Crippen LogP contribution >= 0.6 is 0 Å². The normalized spacial score (nSPS) is 11.6. The van der Waals surface area contributed by atoms with Crippen molar-refractivity contribution in [3.05, 3.63) is 89.7 Å². The second-order valence-electron chi connectivity index (χ2n) is 6.51. The predicted molar refractivity (Wildman–Crippen MR) is 116 cm³/mol. The molecule has 0 radical (unpaired) electrons. The molecule has 0 aliphatic rings. The molecule has 0 heterocycles. The van der Waals surface area contributed by atoms with Crippen LogP contribution in [0, 0.1) is 5.82 Å². The Morgan fingerprint density at radius 1 is 0.968 bits per heavy atom. The van der Waals surface area contributed by atoms with Crippen LogP contribution in [-0.2, 0) is 10.0 Å². The third kappa shape index (κ3) is 5.67. The lowest BCUT2D eigenvalue weighted by Crippen LogP contribution is -2.20. The van der Waals surface area contributed by atoms with Gasteiger partial charge < -0.3 is 4.74 Å². The van der Waals surface area contributed by atoms with Crippen LogP contribution in [0.4, 0.5) is 10.1 Å². The number of benzene rings is 3. The maximum absolute atomic E-state index is 13.0. The summed E-state index contributed by atoms with van der Waals surface area (Å²) in [5.41, 5.74) is 3.97. The quantitative estimate of drug-likeness (QED) is 0.431. The average molecular weight is 441 g/mol. The zero-order chi connectivity index (χ0) is 22.4. The lowest BCUT2D eigenvalue weighted by Gasteiger charge is -2.10. The number of amides is 1. The smallest absolute Gasteiger partial charge is 0.271 e. The molecule has 160 valence electrons. The number of hydrazone groups is 1. The molecule has 0 saturated heterocycles. The molecule has 3 aromatic rings. The Morgan fingerprint density at radius 2 is 1.65 bits per heavy atom. The Morgan fingerprint density at radius 3 is 2.29 bits per heavy atom. The van der Waals surface area contributed by atoms with Gasteiger partial charge in [0.25, 0.3) is 15.9 Å². The largest absolute Gasteiger partial charge is 0.497 e. The summed E-state index contributed by atoms with van der Waals surface area (Å²) < 4.78 is 45.9. The molecule has 0 bridgehead atoms. The fourth-order valence-electron chi connectivity index (χ4n) is 2.63. The molecule has 2 N–H and O–H groups in total. The van der Waals surface area contributed by atoms with Crippen molar-refractivity contribution in [2.24, 2.45) is 5.10 Å². The van der Waals surface area contributed by atoms with Crippen molar-refractivity contribution < 1.29 is 22.3 Å². The number of nitrogens with one attached hydrogen (secondary N) is 2. The lowest BCUT2D eigenvalue weighted by molar-refractivity contribution is 0.0954. The third-order valence-electron chi connectivity index (χ3n) is 4.34. The maximum atomic E-state index is 13.0. The molecule has 7 nitrogen and oxygen atoms in total. The number of hydrogen-bond acceptors (Lipinski definition) is 5. The minimum Gasteiger partial charge on any atom is -0.497 e. The summed E-state index contributed by atoms with van der Waals surface area (Å²) in [5, 5.41) is 3.99. The van der Waals surface area contributed by atoms with Gasteiger partial charge in [-0.05, 0) is 67.1 Å². The molecule has 0 atom stereocenters. The number of sulfonamides is 1. The second kappa shape index (κ2) is 9.40. The molecule has 0 saturated carbocycles. The van der Waals surface area contributed by atoms with Crippen molar-refractivity contribution >= 4 is 27.3 Å². The van der Waals surface area contributed by atoms with Gasteiger partial charge in [0.2, 0.25) is 0 Å². The highest BCUT2D eigenvalue weighted by Gasteiger charge is 2.16. The Balaban J connectivity index is 1.74. The molecule has 3 rings (SSSR count). The van der Waals surface area contributed by atoms with E-state index in [1.165, 1.54) is 43.5 Å². The van der Waals surface area contributed by atoms with E-state index in [0.29, 0.717) is 22.7 Å². The number of hydrogen-bond donors (Lipinski definition) is 2. The summed E-state index contributed by atoms with van der Waals surface area (Å²) in [5.74, 6) is -0.358. The summed E-state index contributed by atoms with van der Waals surface area (Å²) in [6, 6.07) is 17.6. The molecule has 0 aliphatic heterocycles. The monoisotopic (exact) mass is 441 g/mol. The second-order valence-corrected chi connectivity index (χ2v) is 8.19. The van der Waals surface area contributed by atoms with Crippen molar-refractivity contribution in [3.63, 3.8) is 0 Å². The standard InChI is InChI=1S/C22H20FN3O4S/c1-15(16-6-8-18(23)9-7-16)24-25-22(27)17-4-3-5-21(14-17)31(28,29)26-19-10-12-20(30-2)13-11-19/h3-14,26H,1-2H3,(H,25,27)/b24-15+. The highest BCUT2D eigenvalue weighted by atomic mass is 32.2. The molecule has 0 aromatic heterocycles. The predicted octanol–water partition coefficient (Wildman–Crippen LogP) is 3.79. The van der Waals surface area contributed by atoms with Gasteiger partial charge in [0, 0.05) is 11.3 Å². The van der Waals surface area contributed by atoms with Crippen molar-refractivity contribution in [1.82, 2.24) is 5.43 Å². The molecular weight excluding hydrogens is 421 g/mol. The Labute approximate surface area is 179 Å². The number of rotatable bonds is 7. The minimum absolute atomic E-state index is 0.0739. The first-order valence-corrected chi connectivity index (χ1v) is 10.6. The van der Waals surface area contributed by atoms with Gasteiger partial charge in [-0.25, -0.2) is 18.2 Å². The summed E-state index contributed by atoms with van der Waals surface area (Å²) in [6.07, 6.45) is 0. The Kier molecular flexibility index (Phi) is 6.66. The topological polar surface area (TPSA) is 96.9 Å². The SMILES string of the molecule is COc1ccc(NS(=O)(=O)c2cccc(C(=O)N/N=C(\C)c3ccc(F)cc3)c2)cc1.